The SMILES string of the molecule is CCc1cc(C(=O)N(CC(=O)O)Cc2ccccc2)oc1CC. The van der Waals surface area contributed by atoms with E-state index in [4.69, 9.17) is 9.52 Å². The molecule has 0 radical (unpaired) electrons. The topological polar surface area (TPSA) is 70.8 Å². The Hall–Kier alpha value is -2.56. The number of rotatable bonds is 7. The number of hydrogen-bond donors (Lipinski definition) is 1. The molecule has 0 spiro atoms. The summed E-state index contributed by atoms with van der Waals surface area (Å²) in [5, 5.41) is 9.09. The van der Waals surface area contributed by atoms with Gasteiger partial charge in [0.2, 0.25) is 0 Å². The van der Waals surface area contributed by atoms with Crippen molar-refractivity contribution in [3.05, 3.63) is 59.0 Å². The predicted octanol–water partition coefficient (Wildman–Crippen LogP) is 3.13. The molecule has 1 aromatic carbocycles. The largest absolute Gasteiger partial charge is 0.480 e. The number of aliphatic carboxylic acids is 1. The van der Waals surface area contributed by atoms with Crippen LogP contribution in [0.3, 0.4) is 0 Å². The van der Waals surface area contributed by atoms with Crippen LogP contribution < -0.4 is 0 Å². The monoisotopic (exact) mass is 315 g/mol. The van der Waals surface area contributed by atoms with Crippen LogP contribution in [0.25, 0.3) is 0 Å². The fraction of sp³-hybridized carbons (Fsp3) is 0.333. The van der Waals surface area contributed by atoms with E-state index in [1.807, 2.05) is 44.2 Å². The van der Waals surface area contributed by atoms with Crippen molar-refractivity contribution in [2.75, 3.05) is 6.54 Å². The van der Waals surface area contributed by atoms with Crippen molar-refractivity contribution < 1.29 is 19.1 Å². The van der Waals surface area contributed by atoms with Crippen LogP contribution in [0.5, 0.6) is 0 Å². The molecule has 0 bridgehead atoms. The lowest BCUT2D eigenvalue weighted by Crippen LogP contribution is -2.35. The highest BCUT2D eigenvalue weighted by molar-refractivity contribution is 5.93. The summed E-state index contributed by atoms with van der Waals surface area (Å²) in [6.45, 7) is 3.83. The molecule has 1 aromatic heterocycles. The van der Waals surface area contributed by atoms with Crippen molar-refractivity contribution in [2.24, 2.45) is 0 Å². The summed E-state index contributed by atoms with van der Waals surface area (Å²) in [6, 6.07) is 11.0. The lowest BCUT2D eigenvalue weighted by Gasteiger charge is -2.19. The molecular formula is C18H21NO4. The second-order valence-electron chi connectivity index (χ2n) is 5.31. The van der Waals surface area contributed by atoms with Crippen LogP contribution in [0.1, 0.15) is 41.3 Å². The lowest BCUT2D eigenvalue weighted by atomic mass is 10.1. The fourth-order valence-corrected chi connectivity index (χ4v) is 2.49. The minimum Gasteiger partial charge on any atom is -0.480 e. The molecule has 0 saturated carbocycles. The van der Waals surface area contributed by atoms with Gasteiger partial charge in [0.15, 0.2) is 5.76 Å². The van der Waals surface area contributed by atoms with E-state index in [0.29, 0.717) is 6.42 Å². The normalized spacial score (nSPS) is 10.5. The third kappa shape index (κ3) is 4.22. The van der Waals surface area contributed by atoms with Gasteiger partial charge >= 0.3 is 5.97 Å². The Labute approximate surface area is 135 Å². The van der Waals surface area contributed by atoms with Gasteiger partial charge in [0, 0.05) is 13.0 Å². The lowest BCUT2D eigenvalue weighted by molar-refractivity contribution is -0.137. The van der Waals surface area contributed by atoms with E-state index in [1.54, 1.807) is 6.07 Å². The molecule has 122 valence electrons. The molecule has 5 nitrogen and oxygen atoms in total. The molecule has 0 aliphatic heterocycles. The molecule has 1 heterocycles. The van der Waals surface area contributed by atoms with Crippen LogP contribution in [0.15, 0.2) is 40.8 Å². The van der Waals surface area contributed by atoms with Crippen LogP contribution in [-0.2, 0) is 24.2 Å². The zero-order valence-corrected chi connectivity index (χ0v) is 13.4. The number of amides is 1. The summed E-state index contributed by atoms with van der Waals surface area (Å²) in [5.41, 5.74) is 1.87. The maximum Gasteiger partial charge on any atom is 0.323 e. The minimum atomic E-state index is -1.05. The Morgan fingerprint density at radius 2 is 1.83 bits per heavy atom. The van der Waals surface area contributed by atoms with Crippen LogP contribution in [-0.4, -0.2) is 28.4 Å². The molecule has 0 unspecified atom stereocenters. The van der Waals surface area contributed by atoms with E-state index in [9.17, 15) is 9.59 Å². The first-order valence-electron chi connectivity index (χ1n) is 7.71. The van der Waals surface area contributed by atoms with E-state index >= 15 is 0 Å². The molecule has 0 aliphatic rings. The number of carbonyl (C=O) groups is 2. The number of hydrogen-bond acceptors (Lipinski definition) is 3. The van der Waals surface area contributed by atoms with Crippen molar-refractivity contribution in [1.82, 2.24) is 4.90 Å². The third-order valence-electron chi connectivity index (χ3n) is 3.64. The molecule has 5 heteroatoms. The van der Waals surface area contributed by atoms with Crippen molar-refractivity contribution in [3.8, 4) is 0 Å². The Morgan fingerprint density at radius 3 is 2.35 bits per heavy atom. The van der Waals surface area contributed by atoms with Gasteiger partial charge in [-0.05, 0) is 23.6 Å². The fourth-order valence-electron chi connectivity index (χ4n) is 2.49. The maximum atomic E-state index is 12.7. The molecule has 0 saturated heterocycles. The van der Waals surface area contributed by atoms with E-state index in [0.717, 1.165) is 23.3 Å². The van der Waals surface area contributed by atoms with E-state index < -0.39 is 11.9 Å². The summed E-state index contributed by atoms with van der Waals surface area (Å²) in [4.78, 5) is 25.0. The van der Waals surface area contributed by atoms with Gasteiger partial charge in [0.1, 0.15) is 12.3 Å². The number of nitrogens with zero attached hydrogens (tertiary/aromatic N) is 1. The Kier molecular flexibility index (Phi) is 5.57. The molecular weight excluding hydrogens is 294 g/mol. The zero-order valence-electron chi connectivity index (χ0n) is 13.4. The molecule has 0 atom stereocenters. The summed E-state index contributed by atoms with van der Waals surface area (Å²) >= 11 is 0. The number of carboxylic acids is 1. The van der Waals surface area contributed by atoms with Gasteiger partial charge < -0.3 is 14.4 Å². The van der Waals surface area contributed by atoms with E-state index in [1.165, 1.54) is 4.90 Å². The summed E-state index contributed by atoms with van der Waals surface area (Å²) < 4.78 is 5.63. The second kappa shape index (κ2) is 7.63. The first-order valence-corrected chi connectivity index (χ1v) is 7.71. The van der Waals surface area contributed by atoms with Gasteiger partial charge in [-0.2, -0.15) is 0 Å². The molecule has 2 aromatic rings. The minimum absolute atomic E-state index is 0.205. The first kappa shape index (κ1) is 16.8. The highest BCUT2D eigenvalue weighted by atomic mass is 16.4. The zero-order chi connectivity index (χ0) is 16.8. The summed E-state index contributed by atoms with van der Waals surface area (Å²) in [5.74, 6) is -0.459. The quantitative estimate of drug-likeness (QED) is 0.852. The van der Waals surface area contributed by atoms with E-state index in [2.05, 4.69) is 0 Å². The number of carboxylic acid groups (broad SMARTS) is 1. The molecule has 2 rings (SSSR count). The molecule has 23 heavy (non-hydrogen) atoms. The highest BCUT2D eigenvalue weighted by Gasteiger charge is 2.23. The van der Waals surface area contributed by atoms with Gasteiger partial charge in [-0.15, -0.1) is 0 Å². The van der Waals surface area contributed by atoms with Gasteiger partial charge in [-0.1, -0.05) is 44.2 Å². The van der Waals surface area contributed by atoms with Crippen molar-refractivity contribution in [2.45, 2.75) is 33.2 Å². The average Bonchev–Trinajstić information content (AvgIpc) is 2.97. The summed E-state index contributed by atoms with van der Waals surface area (Å²) in [7, 11) is 0. The van der Waals surface area contributed by atoms with Gasteiger partial charge in [0.25, 0.3) is 5.91 Å². The highest BCUT2D eigenvalue weighted by Crippen LogP contribution is 2.19. The standard InChI is InChI=1S/C18H21NO4/c1-3-14-10-16(23-15(14)4-2)18(22)19(12-17(20)21)11-13-8-6-5-7-9-13/h5-10H,3-4,11-12H2,1-2H3,(H,20,21). The number of benzene rings is 1. The number of furan rings is 1. The van der Waals surface area contributed by atoms with Crippen LogP contribution >= 0.6 is 0 Å². The van der Waals surface area contributed by atoms with Gasteiger partial charge in [-0.25, -0.2) is 0 Å². The molecule has 0 fully saturated rings. The first-order chi connectivity index (χ1) is 11.0. The van der Waals surface area contributed by atoms with Crippen molar-refractivity contribution in [1.29, 1.82) is 0 Å². The van der Waals surface area contributed by atoms with Crippen LogP contribution in [0.4, 0.5) is 0 Å². The smallest absolute Gasteiger partial charge is 0.323 e. The van der Waals surface area contributed by atoms with Gasteiger partial charge in [-0.3, -0.25) is 9.59 Å². The number of carbonyl (C=O) groups excluding carboxylic acids is 1. The van der Waals surface area contributed by atoms with Gasteiger partial charge in [0.05, 0.1) is 0 Å². The second-order valence-corrected chi connectivity index (χ2v) is 5.31. The Bertz CT molecular complexity index is 654. The summed E-state index contributed by atoms with van der Waals surface area (Å²) in [6.07, 6.45) is 1.48. The molecule has 0 aliphatic carbocycles. The molecule has 1 amide bonds. The van der Waals surface area contributed by atoms with Crippen LogP contribution in [0.2, 0.25) is 0 Å². The molecule has 1 N–H and O–H groups in total. The third-order valence-corrected chi connectivity index (χ3v) is 3.64. The Morgan fingerprint density at radius 1 is 1.13 bits per heavy atom. The predicted molar refractivity (Wildman–Crippen MR) is 86.3 cm³/mol. The Balaban J connectivity index is 2.25. The van der Waals surface area contributed by atoms with E-state index in [-0.39, 0.29) is 18.8 Å². The van der Waals surface area contributed by atoms with Crippen LogP contribution in [0, 0.1) is 0 Å². The van der Waals surface area contributed by atoms with Crippen molar-refractivity contribution >= 4 is 11.9 Å². The maximum absolute atomic E-state index is 12.7. The number of aryl methyl sites for hydroxylation is 2. The van der Waals surface area contributed by atoms with Crippen molar-refractivity contribution in [3.63, 3.8) is 0 Å². The average molecular weight is 315 g/mol.